The van der Waals surface area contributed by atoms with Crippen LogP contribution in [0, 0.1) is 0 Å². The Morgan fingerprint density at radius 2 is 1.95 bits per heavy atom. The Kier molecular flexibility index (Phi) is 7.46. The summed E-state index contributed by atoms with van der Waals surface area (Å²) < 4.78 is 39.0. The first-order valence-corrected chi connectivity index (χ1v) is 7.50. The summed E-state index contributed by atoms with van der Waals surface area (Å²) in [7, 11) is 0. The molecule has 22 heavy (non-hydrogen) atoms. The molecule has 1 saturated carbocycles. The summed E-state index contributed by atoms with van der Waals surface area (Å²) in [5.74, 6) is -2.91. The highest BCUT2D eigenvalue weighted by Gasteiger charge is 2.44. The lowest BCUT2D eigenvalue weighted by Gasteiger charge is -2.28. The summed E-state index contributed by atoms with van der Waals surface area (Å²) in [6, 6.07) is 0. The van der Waals surface area contributed by atoms with Crippen molar-refractivity contribution in [1.82, 2.24) is 0 Å². The number of carbonyl (C=O) groups excluding carboxylic acids is 2. The summed E-state index contributed by atoms with van der Waals surface area (Å²) in [4.78, 5) is 22.7. The molecule has 0 N–H and O–H groups in total. The summed E-state index contributed by atoms with van der Waals surface area (Å²) in [5.41, 5.74) is -0.588. The highest BCUT2D eigenvalue weighted by molar-refractivity contribution is 7.96. The molecule has 7 nitrogen and oxygen atoms in total. The van der Waals surface area contributed by atoms with Crippen LogP contribution in [0.4, 0.5) is 8.78 Å². The molecule has 0 atom stereocenters. The number of rotatable bonds is 9. The maximum absolute atomic E-state index is 13.0. The molecule has 1 fully saturated rings. The standard InChI is InChI=1S/C12H18F2O7S/c1-2-5-11(6-3-4-7-11)19-9(15)8-18-10(16)12(13,14)22-21-20-17/h17H,2-8H2,1H3/p-1. The minimum atomic E-state index is -4.17. The third-order valence-electron chi connectivity index (χ3n) is 3.28. The van der Waals surface area contributed by atoms with E-state index >= 15 is 0 Å². The smallest absolute Gasteiger partial charge is 0.415 e. The lowest BCUT2D eigenvalue weighted by Crippen LogP contribution is -2.35. The highest BCUT2D eigenvalue weighted by Crippen LogP contribution is 2.37. The van der Waals surface area contributed by atoms with Crippen LogP contribution in [0.15, 0.2) is 0 Å². The van der Waals surface area contributed by atoms with Crippen molar-refractivity contribution >= 4 is 24.0 Å². The van der Waals surface area contributed by atoms with Gasteiger partial charge in [-0.15, -0.1) is 0 Å². The van der Waals surface area contributed by atoms with E-state index in [-0.39, 0.29) is 0 Å². The number of carbonyl (C=O) groups is 2. The van der Waals surface area contributed by atoms with Crippen LogP contribution in [0.3, 0.4) is 0 Å². The predicted molar refractivity (Wildman–Crippen MR) is 67.9 cm³/mol. The first-order valence-electron chi connectivity index (χ1n) is 6.76. The van der Waals surface area contributed by atoms with E-state index < -0.39 is 41.4 Å². The third-order valence-corrected chi connectivity index (χ3v) is 3.78. The van der Waals surface area contributed by atoms with Gasteiger partial charge < -0.3 is 14.7 Å². The van der Waals surface area contributed by atoms with E-state index in [1.807, 2.05) is 6.92 Å². The average molecular weight is 343 g/mol. The molecule has 0 radical (unpaired) electrons. The van der Waals surface area contributed by atoms with Crippen molar-refractivity contribution in [2.75, 3.05) is 6.61 Å². The van der Waals surface area contributed by atoms with Gasteiger partial charge >= 0.3 is 17.2 Å². The summed E-state index contributed by atoms with van der Waals surface area (Å²) in [5, 5.41) is 8.00. The molecule has 10 heteroatoms. The molecule has 0 aliphatic heterocycles. The van der Waals surface area contributed by atoms with Crippen LogP contribution in [-0.2, 0) is 28.4 Å². The first-order chi connectivity index (χ1) is 10.4. The second-order valence-corrected chi connectivity index (χ2v) is 5.74. The zero-order chi connectivity index (χ0) is 16.6. The van der Waals surface area contributed by atoms with E-state index in [4.69, 9.17) is 4.74 Å². The lowest BCUT2D eigenvalue weighted by molar-refractivity contribution is -0.777. The molecule has 0 aromatic carbocycles. The van der Waals surface area contributed by atoms with Crippen molar-refractivity contribution in [3.05, 3.63) is 0 Å². The maximum atomic E-state index is 13.0. The van der Waals surface area contributed by atoms with Crippen molar-refractivity contribution < 1.29 is 42.5 Å². The van der Waals surface area contributed by atoms with Crippen LogP contribution in [0.5, 0.6) is 0 Å². The van der Waals surface area contributed by atoms with Crippen LogP contribution in [0.25, 0.3) is 0 Å². The fraction of sp³-hybridized carbons (Fsp3) is 0.833. The Labute approximate surface area is 130 Å². The van der Waals surface area contributed by atoms with Crippen molar-refractivity contribution in [2.45, 2.75) is 56.3 Å². The largest absolute Gasteiger partial charge is 0.691 e. The fourth-order valence-electron chi connectivity index (χ4n) is 2.45. The molecule has 1 aliphatic carbocycles. The van der Waals surface area contributed by atoms with Gasteiger partial charge in [-0.3, -0.25) is 5.04 Å². The third kappa shape index (κ3) is 5.67. The summed E-state index contributed by atoms with van der Waals surface area (Å²) >= 11 is -0.816. The van der Waals surface area contributed by atoms with E-state index in [9.17, 15) is 23.6 Å². The molecule has 128 valence electrons. The van der Waals surface area contributed by atoms with Crippen molar-refractivity contribution in [3.8, 4) is 0 Å². The zero-order valence-corrected chi connectivity index (χ0v) is 12.8. The molecule has 0 aromatic rings. The molecular weight excluding hydrogens is 326 g/mol. The Morgan fingerprint density at radius 3 is 2.50 bits per heavy atom. The Hall–Kier alpha value is -0.970. The highest BCUT2D eigenvalue weighted by atomic mass is 32.2. The molecule has 0 bridgehead atoms. The van der Waals surface area contributed by atoms with Gasteiger partial charge in [-0.05, 0) is 32.1 Å². The minimum Gasteiger partial charge on any atom is -0.691 e. The van der Waals surface area contributed by atoms with E-state index in [0.29, 0.717) is 19.3 Å². The van der Waals surface area contributed by atoms with Gasteiger partial charge in [0.05, 0.1) is 0 Å². The molecular formula is C12H17F2O7S-. The molecule has 0 aromatic heterocycles. The monoisotopic (exact) mass is 343 g/mol. The second kappa shape index (κ2) is 8.61. The topological polar surface area (TPSA) is 94.1 Å². The van der Waals surface area contributed by atoms with Gasteiger partial charge in [0.1, 0.15) is 17.6 Å². The number of esters is 2. The molecule has 0 unspecified atom stereocenters. The van der Waals surface area contributed by atoms with Crippen LogP contribution in [0.2, 0.25) is 0 Å². The Balaban J connectivity index is 2.43. The van der Waals surface area contributed by atoms with Crippen molar-refractivity contribution in [2.24, 2.45) is 0 Å². The maximum Gasteiger partial charge on any atom is 0.415 e. The van der Waals surface area contributed by atoms with Crippen LogP contribution in [0.1, 0.15) is 45.4 Å². The minimum absolute atomic E-state index is 0.588. The number of halogens is 2. The fourth-order valence-corrected chi connectivity index (χ4v) is 2.69. The molecule has 1 rings (SSSR count). The van der Waals surface area contributed by atoms with Gasteiger partial charge in [-0.1, -0.05) is 13.3 Å². The lowest BCUT2D eigenvalue weighted by atomic mass is 9.96. The first kappa shape index (κ1) is 19.1. The predicted octanol–water partition coefficient (Wildman–Crippen LogP) is 1.65. The van der Waals surface area contributed by atoms with Gasteiger partial charge in [0.2, 0.25) is 0 Å². The zero-order valence-electron chi connectivity index (χ0n) is 12.0. The van der Waals surface area contributed by atoms with Gasteiger partial charge in [0, 0.05) is 0 Å². The molecule has 0 heterocycles. The Morgan fingerprint density at radius 1 is 1.32 bits per heavy atom. The van der Waals surface area contributed by atoms with Gasteiger partial charge in [-0.2, -0.15) is 13.1 Å². The molecule has 0 saturated heterocycles. The van der Waals surface area contributed by atoms with E-state index in [1.54, 1.807) is 0 Å². The normalized spacial score (nSPS) is 17.3. The number of alkyl halides is 2. The summed E-state index contributed by atoms with van der Waals surface area (Å²) in [6.45, 7) is 1.02. The van der Waals surface area contributed by atoms with Crippen LogP contribution < -0.4 is 5.26 Å². The quantitative estimate of drug-likeness (QED) is 0.270. The van der Waals surface area contributed by atoms with Crippen LogP contribution >= 0.6 is 12.0 Å². The number of ether oxygens (including phenoxy) is 2. The molecule has 1 aliphatic rings. The molecule has 0 amide bonds. The van der Waals surface area contributed by atoms with Gasteiger partial charge in [-0.25, -0.2) is 9.59 Å². The van der Waals surface area contributed by atoms with Crippen molar-refractivity contribution in [3.63, 3.8) is 0 Å². The SMILES string of the molecule is CCCC1(OC(=O)COC(=O)C(F)(F)SOO[O-])CCCC1. The Bertz CT molecular complexity index is 386. The second-order valence-electron chi connectivity index (χ2n) is 4.93. The number of hydrogen-bond acceptors (Lipinski definition) is 8. The van der Waals surface area contributed by atoms with Crippen LogP contribution in [-0.4, -0.2) is 29.4 Å². The summed E-state index contributed by atoms with van der Waals surface area (Å²) in [6.07, 6.45) is 4.76. The van der Waals surface area contributed by atoms with E-state index in [1.165, 1.54) is 0 Å². The average Bonchev–Trinajstić information content (AvgIpc) is 2.91. The number of hydrogen-bond donors (Lipinski definition) is 0. The van der Waals surface area contributed by atoms with Crippen molar-refractivity contribution in [1.29, 1.82) is 0 Å². The van der Waals surface area contributed by atoms with E-state index in [0.717, 1.165) is 19.3 Å². The van der Waals surface area contributed by atoms with Gasteiger partial charge in [0.25, 0.3) is 0 Å². The van der Waals surface area contributed by atoms with E-state index in [2.05, 4.69) is 14.1 Å². The van der Waals surface area contributed by atoms with Gasteiger partial charge in [0.15, 0.2) is 6.61 Å². The molecule has 0 spiro atoms.